The fraction of sp³-hybridized carbons (Fsp3) is 0.500. The van der Waals surface area contributed by atoms with Gasteiger partial charge in [0.25, 0.3) is 0 Å². The molecule has 9 nitrogen and oxygen atoms in total. The molecule has 1 aromatic heterocycles. The Bertz CT molecular complexity index is 441. The first-order valence-corrected chi connectivity index (χ1v) is 4.81. The van der Waals surface area contributed by atoms with Crippen molar-refractivity contribution in [1.82, 2.24) is 15.4 Å². The van der Waals surface area contributed by atoms with E-state index >= 15 is 0 Å². The SMILES string of the molecule is Cc1nn(CCC(=O)ONN)c(C)c1[N+](=O)[O-]. The molecule has 0 saturated heterocycles. The average Bonchev–Trinajstić information content (AvgIpc) is 2.51. The zero-order valence-electron chi connectivity index (χ0n) is 9.47. The van der Waals surface area contributed by atoms with Gasteiger partial charge in [-0.25, -0.2) is 5.84 Å². The molecule has 1 rings (SSSR count). The number of carbonyl (C=O) groups is 1. The second kappa shape index (κ2) is 5.37. The predicted octanol–water partition coefficient (Wildman–Crippen LogP) is -0.280. The number of nitrogens with one attached hydrogen (secondary N) is 1. The van der Waals surface area contributed by atoms with E-state index in [2.05, 4.69) is 9.94 Å². The maximum atomic E-state index is 11.0. The van der Waals surface area contributed by atoms with E-state index < -0.39 is 10.9 Å². The van der Waals surface area contributed by atoms with Crippen LogP contribution in [-0.2, 0) is 16.2 Å². The largest absolute Gasteiger partial charge is 0.356 e. The van der Waals surface area contributed by atoms with Crippen LogP contribution in [-0.4, -0.2) is 20.7 Å². The lowest BCUT2D eigenvalue weighted by Crippen LogP contribution is -2.26. The molecule has 0 aliphatic rings. The highest BCUT2D eigenvalue weighted by Gasteiger charge is 2.21. The van der Waals surface area contributed by atoms with Crippen molar-refractivity contribution in [1.29, 1.82) is 0 Å². The standard InChI is InChI=1S/C8H13N5O4/c1-5-8(13(15)16)6(2)12(10-5)4-3-7(14)17-11-9/h11H,3-4,9H2,1-2H3. The van der Waals surface area contributed by atoms with E-state index in [-0.39, 0.29) is 18.7 Å². The summed E-state index contributed by atoms with van der Waals surface area (Å²) in [6, 6.07) is 0. The summed E-state index contributed by atoms with van der Waals surface area (Å²) in [5, 5.41) is 14.7. The first-order chi connectivity index (χ1) is 7.97. The van der Waals surface area contributed by atoms with Gasteiger partial charge < -0.3 is 4.84 Å². The number of aryl methyl sites for hydroxylation is 2. The Labute approximate surface area is 96.6 Å². The van der Waals surface area contributed by atoms with E-state index in [1.807, 2.05) is 0 Å². The molecular weight excluding hydrogens is 230 g/mol. The number of nitrogens with zero attached hydrogens (tertiary/aromatic N) is 3. The zero-order chi connectivity index (χ0) is 13.0. The molecule has 1 heterocycles. The predicted molar refractivity (Wildman–Crippen MR) is 56.4 cm³/mol. The molecule has 0 aliphatic carbocycles. The van der Waals surface area contributed by atoms with Crippen LogP contribution in [0.4, 0.5) is 5.69 Å². The number of rotatable bonds is 5. The molecule has 94 valence electrons. The van der Waals surface area contributed by atoms with E-state index in [0.29, 0.717) is 11.4 Å². The number of hydrogen-bond acceptors (Lipinski definition) is 7. The Balaban J connectivity index is 2.76. The van der Waals surface area contributed by atoms with Crippen LogP contribution in [0.1, 0.15) is 17.8 Å². The zero-order valence-corrected chi connectivity index (χ0v) is 9.47. The maximum absolute atomic E-state index is 11.0. The minimum atomic E-state index is -0.567. The molecule has 0 bridgehead atoms. The summed E-state index contributed by atoms with van der Waals surface area (Å²) in [5.41, 5.74) is 2.45. The van der Waals surface area contributed by atoms with Gasteiger partial charge in [0, 0.05) is 0 Å². The highest BCUT2D eigenvalue weighted by atomic mass is 16.7. The summed E-state index contributed by atoms with van der Waals surface area (Å²) >= 11 is 0. The molecule has 0 aromatic carbocycles. The monoisotopic (exact) mass is 243 g/mol. The van der Waals surface area contributed by atoms with E-state index in [1.165, 1.54) is 4.68 Å². The van der Waals surface area contributed by atoms with Gasteiger partial charge in [-0.15, -0.1) is 0 Å². The topological polar surface area (TPSA) is 125 Å². The number of hydrogen-bond donors (Lipinski definition) is 2. The molecule has 0 spiro atoms. The molecule has 0 amide bonds. The summed E-state index contributed by atoms with van der Waals surface area (Å²) in [6.45, 7) is 3.31. The molecular formula is C8H13N5O4. The fourth-order valence-electron chi connectivity index (χ4n) is 1.48. The quantitative estimate of drug-likeness (QED) is 0.413. The Kier molecular flexibility index (Phi) is 4.12. The highest BCUT2D eigenvalue weighted by molar-refractivity contribution is 5.68. The van der Waals surface area contributed by atoms with Gasteiger partial charge in [-0.3, -0.25) is 19.6 Å². The van der Waals surface area contributed by atoms with Crippen LogP contribution in [0.2, 0.25) is 0 Å². The number of nitrogens with two attached hydrogens (primary N) is 1. The molecule has 0 radical (unpaired) electrons. The van der Waals surface area contributed by atoms with Crippen LogP contribution >= 0.6 is 0 Å². The normalized spacial score (nSPS) is 10.3. The number of carbonyl (C=O) groups excluding carboxylic acids is 1. The number of aromatic nitrogens is 2. The summed E-state index contributed by atoms with van der Waals surface area (Å²) in [4.78, 5) is 25.6. The third kappa shape index (κ3) is 2.98. The number of nitro groups is 1. The molecule has 0 fully saturated rings. The van der Waals surface area contributed by atoms with E-state index in [0.717, 1.165) is 0 Å². The molecule has 9 heteroatoms. The van der Waals surface area contributed by atoms with Crippen molar-refractivity contribution in [3.05, 3.63) is 21.5 Å². The molecule has 0 atom stereocenters. The summed E-state index contributed by atoms with van der Waals surface area (Å²) in [7, 11) is 0. The van der Waals surface area contributed by atoms with Crippen molar-refractivity contribution in [2.75, 3.05) is 0 Å². The lowest BCUT2D eigenvalue weighted by Gasteiger charge is -2.03. The summed E-state index contributed by atoms with van der Waals surface area (Å²) in [5.74, 6) is 4.22. The maximum Gasteiger partial charge on any atom is 0.328 e. The Morgan fingerprint density at radius 1 is 1.65 bits per heavy atom. The van der Waals surface area contributed by atoms with Gasteiger partial charge in [0.15, 0.2) is 0 Å². The van der Waals surface area contributed by atoms with Crippen molar-refractivity contribution >= 4 is 11.7 Å². The molecule has 1 aromatic rings. The van der Waals surface area contributed by atoms with Crippen LogP contribution in [0, 0.1) is 24.0 Å². The highest BCUT2D eigenvalue weighted by Crippen LogP contribution is 2.21. The van der Waals surface area contributed by atoms with Crippen LogP contribution in [0.25, 0.3) is 0 Å². The Morgan fingerprint density at radius 2 is 2.29 bits per heavy atom. The molecule has 0 unspecified atom stereocenters. The van der Waals surface area contributed by atoms with Gasteiger partial charge in [0.2, 0.25) is 0 Å². The second-order valence-electron chi connectivity index (χ2n) is 3.34. The van der Waals surface area contributed by atoms with E-state index in [1.54, 1.807) is 19.4 Å². The van der Waals surface area contributed by atoms with Crippen molar-refractivity contribution in [2.24, 2.45) is 5.84 Å². The first-order valence-electron chi connectivity index (χ1n) is 4.81. The van der Waals surface area contributed by atoms with Gasteiger partial charge in [-0.05, 0) is 13.8 Å². The third-order valence-corrected chi connectivity index (χ3v) is 2.23. The van der Waals surface area contributed by atoms with Gasteiger partial charge in [0.05, 0.1) is 17.9 Å². The van der Waals surface area contributed by atoms with Crippen LogP contribution in [0.5, 0.6) is 0 Å². The van der Waals surface area contributed by atoms with E-state index in [9.17, 15) is 14.9 Å². The third-order valence-electron chi connectivity index (χ3n) is 2.23. The van der Waals surface area contributed by atoms with Gasteiger partial charge in [-0.1, -0.05) is 5.59 Å². The first kappa shape index (κ1) is 13.1. The van der Waals surface area contributed by atoms with Crippen LogP contribution in [0.15, 0.2) is 0 Å². The van der Waals surface area contributed by atoms with Crippen molar-refractivity contribution in [3.8, 4) is 0 Å². The molecule has 0 aliphatic heterocycles. The van der Waals surface area contributed by atoms with Crippen LogP contribution < -0.4 is 11.4 Å². The van der Waals surface area contributed by atoms with Gasteiger partial charge in [0.1, 0.15) is 11.4 Å². The lowest BCUT2D eigenvalue weighted by molar-refractivity contribution is -0.386. The van der Waals surface area contributed by atoms with Crippen LogP contribution in [0.3, 0.4) is 0 Å². The smallest absolute Gasteiger partial charge is 0.328 e. The Hall–Kier alpha value is -2.00. The molecule has 17 heavy (non-hydrogen) atoms. The molecule has 3 N–H and O–H groups in total. The molecule has 0 saturated carbocycles. The fourth-order valence-corrected chi connectivity index (χ4v) is 1.48. The van der Waals surface area contributed by atoms with Gasteiger partial charge >= 0.3 is 11.7 Å². The second-order valence-corrected chi connectivity index (χ2v) is 3.34. The summed E-state index contributed by atoms with van der Waals surface area (Å²) < 4.78 is 1.39. The minimum absolute atomic E-state index is 0.0172. The van der Waals surface area contributed by atoms with Crippen molar-refractivity contribution < 1.29 is 14.6 Å². The Morgan fingerprint density at radius 3 is 2.76 bits per heavy atom. The van der Waals surface area contributed by atoms with Gasteiger partial charge in [-0.2, -0.15) is 5.10 Å². The minimum Gasteiger partial charge on any atom is -0.356 e. The van der Waals surface area contributed by atoms with Crippen molar-refractivity contribution in [2.45, 2.75) is 26.8 Å². The lowest BCUT2D eigenvalue weighted by atomic mass is 10.3. The summed E-state index contributed by atoms with van der Waals surface area (Å²) in [6.07, 6.45) is 0.0172. The number of hydrazine groups is 1. The van der Waals surface area contributed by atoms with Crippen molar-refractivity contribution in [3.63, 3.8) is 0 Å². The average molecular weight is 243 g/mol. The van der Waals surface area contributed by atoms with E-state index in [4.69, 9.17) is 5.84 Å².